The molecule has 10 nitrogen and oxygen atoms in total. The number of hydrogen-bond donors (Lipinski definition) is 1. The van der Waals surface area contributed by atoms with E-state index in [0.29, 0.717) is 53.8 Å². The summed E-state index contributed by atoms with van der Waals surface area (Å²) in [4.78, 5) is 0.572. The van der Waals surface area contributed by atoms with Crippen LogP contribution in [0, 0.1) is 0 Å². The average molecular weight is 958 g/mol. The zero-order valence-corrected chi connectivity index (χ0v) is 36.1. The van der Waals surface area contributed by atoms with Crippen molar-refractivity contribution in [3.63, 3.8) is 0 Å². The smallest absolute Gasteiger partial charge is 0.180 e. The van der Waals surface area contributed by atoms with Gasteiger partial charge in [-0.1, -0.05) is 58.3 Å². The van der Waals surface area contributed by atoms with Crippen LogP contribution >= 0.6 is 43.5 Å². The molecule has 0 radical (unpaired) electrons. The van der Waals surface area contributed by atoms with Gasteiger partial charge < -0.3 is 28.8 Å². The molecule has 310 valence electrons. The summed E-state index contributed by atoms with van der Waals surface area (Å²) in [5.74, 6) is 2.32. The van der Waals surface area contributed by atoms with Crippen molar-refractivity contribution in [3.8, 4) is 23.0 Å². The predicted octanol–water partition coefficient (Wildman–Crippen LogP) is 11.6. The fourth-order valence-corrected chi connectivity index (χ4v) is 7.05. The van der Waals surface area contributed by atoms with Gasteiger partial charge in [-0.25, -0.2) is 16.8 Å². The third-order valence-electron chi connectivity index (χ3n) is 7.13. The van der Waals surface area contributed by atoms with E-state index in [1.54, 1.807) is 82.3 Å². The van der Waals surface area contributed by atoms with E-state index >= 15 is 0 Å². The molecule has 4 rings (SSSR count). The minimum Gasteiger partial charge on any atom is -0.457 e. The maximum Gasteiger partial charge on any atom is 0.180 e. The van der Waals surface area contributed by atoms with Gasteiger partial charge in [-0.15, -0.1) is 0 Å². The molecular weight excluding hydrogens is 900 g/mol. The van der Waals surface area contributed by atoms with Crippen LogP contribution in [0.4, 0.5) is 0 Å². The van der Waals surface area contributed by atoms with Crippen molar-refractivity contribution in [3.05, 3.63) is 105 Å². The van der Waals surface area contributed by atoms with Gasteiger partial charge in [-0.05, 0) is 138 Å². The molecule has 0 fully saturated rings. The Bertz CT molecular complexity index is 1910. The number of aliphatic hydroxyl groups excluding tert-OH is 1. The van der Waals surface area contributed by atoms with Crippen LogP contribution in [0.2, 0.25) is 0 Å². The molecule has 55 heavy (non-hydrogen) atoms. The highest BCUT2D eigenvalue weighted by molar-refractivity contribution is 9.10. The lowest BCUT2D eigenvalue weighted by Gasteiger charge is -2.11. The highest BCUT2D eigenvalue weighted by Gasteiger charge is 2.20. The lowest BCUT2D eigenvalue weighted by Crippen LogP contribution is -2.13. The summed E-state index contributed by atoms with van der Waals surface area (Å²) in [6, 6.07) is 23.9. The Morgan fingerprint density at radius 1 is 0.618 bits per heavy atom. The maximum absolute atomic E-state index is 12.2. The quantitative estimate of drug-likeness (QED) is 0.0657. The van der Waals surface area contributed by atoms with E-state index in [2.05, 4.69) is 36.6 Å². The van der Waals surface area contributed by atoms with Crippen molar-refractivity contribution < 1.29 is 47.1 Å². The van der Waals surface area contributed by atoms with E-state index in [4.69, 9.17) is 30.5 Å². The molecule has 0 saturated carbocycles. The fourth-order valence-electron chi connectivity index (χ4n) is 4.04. The molecular formula is C40H57Br2ClO10S2. The van der Waals surface area contributed by atoms with Crippen molar-refractivity contribution in [2.45, 2.75) is 89.9 Å². The van der Waals surface area contributed by atoms with Gasteiger partial charge in [-0.3, -0.25) is 0 Å². The van der Waals surface area contributed by atoms with Gasteiger partial charge >= 0.3 is 0 Å². The normalized spacial score (nSPS) is 11.0. The highest BCUT2D eigenvalue weighted by Crippen LogP contribution is 2.30. The fraction of sp³-hybridized carbons (Fsp3) is 0.400. The van der Waals surface area contributed by atoms with Crippen LogP contribution in [0.25, 0.3) is 0 Å². The van der Waals surface area contributed by atoms with Gasteiger partial charge in [0.25, 0.3) is 0 Å². The van der Waals surface area contributed by atoms with Crippen LogP contribution in [0.5, 0.6) is 23.0 Å². The number of rotatable bonds is 16. The molecule has 0 atom stereocenters. The van der Waals surface area contributed by atoms with Gasteiger partial charge in [-0.2, -0.15) is 0 Å². The molecule has 0 aromatic heterocycles. The number of sulfone groups is 2. The monoisotopic (exact) mass is 955 g/mol. The molecule has 1 N–H and O–H groups in total. The second-order valence-electron chi connectivity index (χ2n) is 11.6. The molecule has 0 amide bonds. The number of benzene rings is 4. The first-order valence-corrected chi connectivity index (χ1v) is 21.8. The minimum absolute atomic E-state index is 0. The summed E-state index contributed by atoms with van der Waals surface area (Å²) in [5.41, 5.74) is 1.65. The Labute approximate surface area is 352 Å². The third-order valence-corrected chi connectivity index (χ3v) is 13.2. The number of halogens is 3. The molecule has 0 bridgehead atoms. The van der Waals surface area contributed by atoms with E-state index in [0.717, 1.165) is 20.1 Å². The molecule has 0 aliphatic heterocycles. The Morgan fingerprint density at radius 3 is 1.35 bits per heavy atom. The maximum atomic E-state index is 12.2. The van der Waals surface area contributed by atoms with Gasteiger partial charge in [0.1, 0.15) is 35.9 Å². The van der Waals surface area contributed by atoms with Crippen molar-refractivity contribution >= 4 is 63.1 Å². The van der Waals surface area contributed by atoms with Crippen LogP contribution in [-0.2, 0) is 47.1 Å². The van der Waals surface area contributed by atoms with Crippen molar-refractivity contribution in [1.82, 2.24) is 0 Å². The standard InChI is InChI=1S/C19H23BrO5S.C16H17BrO4S.C3H7ClO.2CH4.H2/c1-4-23-13-24-12-15-11-17(7-10-19(15)20)25-16-5-8-18(9-6-16)26(21,22)14(2)3;1-11(2)22(19,20)15-6-3-13(4-7-15)21-14-5-8-16(17)12(9-14)10-18;1-2-5-3-4;;;/h5-11,14H,4,12-13H2,1-3H3;3-9,11,18H,10H2,1-2H3;2-3H2,1H3;2*1H4;1H/i;;;;;1+1. The number of alkyl halides is 1. The average Bonchev–Trinajstić information content (AvgIpc) is 3.13. The van der Waals surface area contributed by atoms with Gasteiger partial charge in [0, 0.05) is 23.6 Å². The molecule has 0 aliphatic carbocycles. The Morgan fingerprint density at radius 2 is 1.00 bits per heavy atom. The van der Waals surface area contributed by atoms with Crippen molar-refractivity contribution in [2.75, 3.05) is 26.1 Å². The minimum atomic E-state index is -3.28. The molecule has 4 aromatic carbocycles. The van der Waals surface area contributed by atoms with Crippen LogP contribution in [0.15, 0.2) is 104 Å². The van der Waals surface area contributed by atoms with Crippen molar-refractivity contribution in [2.24, 2.45) is 0 Å². The summed E-state index contributed by atoms with van der Waals surface area (Å²) in [6.07, 6.45) is 0. The first-order valence-electron chi connectivity index (χ1n) is 16.6. The van der Waals surface area contributed by atoms with Crippen molar-refractivity contribution in [1.29, 1.82) is 0 Å². The first-order chi connectivity index (χ1) is 25.1. The van der Waals surface area contributed by atoms with Crippen LogP contribution in [-0.4, -0.2) is 58.5 Å². The Balaban J connectivity index is 0. The second-order valence-corrected chi connectivity index (χ2v) is 18.5. The molecule has 0 aliphatic rings. The summed E-state index contributed by atoms with van der Waals surface area (Å²) in [5, 5.41) is 8.32. The largest absolute Gasteiger partial charge is 0.457 e. The van der Waals surface area contributed by atoms with E-state index in [-0.39, 0.29) is 34.6 Å². The molecule has 0 saturated heterocycles. The lowest BCUT2D eigenvalue weighted by molar-refractivity contribution is -0.0573. The van der Waals surface area contributed by atoms with E-state index in [1.807, 2.05) is 32.0 Å². The number of ether oxygens (including phenoxy) is 5. The Hall–Kier alpha value is -2.53. The van der Waals surface area contributed by atoms with E-state index in [1.165, 1.54) is 12.1 Å². The van der Waals surface area contributed by atoms with Crippen LogP contribution in [0.1, 0.15) is 68.9 Å². The highest BCUT2D eigenvalue weighted by atomic mass is 79.9. The van der Waals surface area contributed by atoms with Crippen LogP contribution < -0.4 is 9.47 Å². The number of hydrogen-bond acceptors (Lipinski definition) is 10. The zero-order valence-electron chi connectivity index (χ0n) is 30.6. The summed E-state index contributed by atoms with van der Waals surface area (Å²) in [7, 11) is -6.56. The predicted molar refractivity (Wildman–Crippen MR) is 231 cm³/mol. The summed E-state index contributed by atoms with van der Waals surface area (Å²) < 4.78 is 76.8. The first kappa shape index (κ1) is 52.5. The van der Waals surface area contributed by atoms with Crippen LogP contribution in [0.3, 0.4) is 0 Å². The van der Waals surface area contributed by atoms with Gasteiger partial charge in [0.05, 0.1) is 33.5 Å². The summed E-state index contributed by atoms with van der Waals surface area (Å²) in [6.45, 7) is 12.3. The molecule has 15 heteroatoms. The summed E-state index contributed by atoms with van der Waals surface area (Å²) >= 11 is 11.9. The SMILES string of the molecule is C.C.CC(C)S(=O)(=O)c1ccc(Oc2ccc(Br)c(CO)c2)cc1.CCOCCl.CCOCOCc1cc(Oc2ccc(S(=O)(=O)C(C)C)cc2)ccc1Br.[2HH]. The third kappa shape index (κ3) is 17.2. The molecule has 4 aromatic rings. The van der Waals surface area contributed by atoms with Gasteiger partial charge in [0.2, 0.25) is 0 Å². The topological polar surface area (TPSA) is 135 Å². The molecule has 0 unspecified atom stereocenters. The zero-order chi connectivity index (χ0) is 39.6. The lowest BCUT2D eigenvalue weighted by atomic mass is 10.2. The number of aliphatic hydroxyl groups is 1. The van der Waals surface area contributed by atoms with Gasteiger partial charge in [0.15, 0.2) is 19.7 Å². The van der Waals surface area contributed by atoms with E-state index in [9.17, 15) is 21.9 Å². The van der Waals surface area contributed by atoms with E-state index < -0.39 is 30.2 Å². The molecule has 0 heterocycles. The second kappa shape index (κ2) is 26.4. The molecule has 0 spiro atoms. The Kier molecular flexibility index (Phi) is 25.2.